The van der Waals surface area contributed by atoms with Gasteiger partial charge in [-0.05, 0) is 23.0 Å². The minimum absolute atomic E-state index is 0.00932. The van der Waals surface area contributed by atoms with Crippen LogP contribution in [0.1, 0.15) is 33.3 Å². The molecule has 0 bridgehead atoms. The van der Waals surface area contributed by atoms with Gasteiger partial charge >= 0.3 is 6.18 Å². The van der Waals surface area contributed by atoms with Crippen molar-refractivity contribution in [3.8, 4) is 0 Å². The Hall–Kier alpha value is -0.970. The highest BCUT2D eigenvalue weighted by molar-refractivity contribution is 6.29. The van der Waals surface area contributed by atoms with Crippen LogP contribution in [0, 0.1) is 10.8 Å². The lowest BCUT2D eigenvalue weighted by Gasteiger charge is -2.12. The van der Waals surface area contributed by atoms with Crippen LogP contribution >= 0.6 is 11.6 Å². The molecule has 0 radical (unpaired) electrons. The molecule has 1 aromatic rings. The monoisotopic (exact) mass is 292 g/mol. The Morgan fingerprint density at radius 2 is 1.68 bits per heavy atom. The average molecular weight is 293 g/mol. The predicted molar refractivity (Wildman–Crippen MR) is 69.2 cm³/mol. The molecule has 0 amide bonds. The number of hydrogen-bond acceptors (Lipinski definition) is 2. The first-order valence-corrected chi connectivity index (χ1v) is 6.35. The first-order valence-electron chi connectivity index (χ1n) is 5.97. The van der Waals surface area contributed by atoms with Gasteiger partial charge in [-0.25, -0.2) is 4.98 Å². The number of halogens is 4. The van der Waals surface area contributed by atoms with Crippen LogP contribution in [0.4, 0.5) is 19.0 Å². The molecular weight excluding hydrogens is 277 g/mol. The zero-order valence-corrected chi connectivity index (χ0v) is 11.9. The summed E-state index contributed by atoms with van der Waals surface area (Å²) in [4.78, 5) is 3.91. The molecule has 1 heterocycles. The summed E-state index contributed by atoms with van der Waals surface area (Å²) in [7, 11) is 0. The van der Waals surface area contributed by atoms with Crippen LogP contribution in [0.3, 0.4) is 0 Å². The van der Waals surface area contributed by atoms with E-state index in [1.54, 1.807) is 0 Å². The van der Waals surface area contributed by atoms with E-state index in [2.05, 4.69) is 38.0 Å². The quantitative estimate of drug-likeness (QED) is 0.806. The van der Waals surface area contributed by atoms with Crippen molar-refractivity contribution in [2.75, 3.05) is 5.32 Å². The van der Waals surface area contributed by atoms with Gasteiger partial charge in [-0.3, -0.25) is 0 Å². The van der Waals surface area contributed by atoms with E-state index in [1.807, 2.05) is 0 Å². The van der Waals surface area contributed by atoms with Gasteiger partial charge in [0.1, 0.15) is 11.0 Å². The standard InChI is InChI=1S/C13H16ClF3N2/c1-11(2)10(12(11,3)4)19-9-6-7(13(15,16)17)5-8(14)18-9/h5-6,10H,1-4H3,(H,18,19). The van der Waals surface area contributed by atoms with E-state index in [0.717, 1.165) is 12.1 Å². The number of rotatable bonds is 2. The maximum Gasteiger partial charge on any atom is 0.416 e. The highest BCUT2D eigenvalue weighted by Gasteiger charge is 2.65. The largest absolute Gasteiger partial charge is 0.416 e. The summed E-state index contributed by atoms with van der Waals surface area (Å²) in [5.74, 6) is 0.170. The minimum Gasteiger partial charge on any atom is -0.366 e. The Morgan fingerprint density at radius 1 is 1.16 bits per heavy atom. The Balaban J connectivity index is 2.26. The SMILES string of the molecule is CC1(C)C(Nc2cc(C(F)(F)F)cc(Cl)n2)C1(C)C. The fourth-order valence-corrected chi connectivity index (χ4v) is 2.65. The van der Waals surface area contributed by atoms with Gasteiger partial charge in [0.15, 0.2) is 0 Å². The van der Waals surface area contributed by atoms with E-state index < -0.39 is 11.7 Å². The smallest absolute Gasteiger partial charge is 0.366 e. The van der Waals surface area contributed by atoms with Crippen molar-refractivity contribution >= 4 is 17.4 Å². The molecule has 2 rings (SSSR count). The van der Waals surface area contributed by atoms with Gasteiger partial charge in [0.05, 0.1) is 5.56 Å². The summed E-state index contributed by atoms with van der Waals surface area (Å²) >= 11 is 5.65. The molecule has 106 valence electrons. The third kappa shape index (κ3) is 2.40. The fourth-order valence-electron chi connectivity index (χ4n) is 2.44. The third-order valence-corrected chi connectivity index (χ3v) is 4.63. The van der Waals surface area contributed by atoms with Crippen molar-refractivity contribution in [2.24, 2.45) is 10.8 Å². The molecule has 0 aliphatic heterocycles. The molecule has 0 aromatic carbocycles. The van der Waals surface area contributed by atoms with Crippen LogP contribution < -0.4 is 5.32 Å². The maximum absolute atomic E-state index is 12.7. The lowest BCUT2D eigenvalue weighted by molar-refractivity contribution is -0.137. The molecule has 1 aromatic heterocycles. The number of aromatic nitrogens is 1. The van der Waals surface area contributed by atoms with Crippen molar-refractivity contribution in [2.45, 2.75) is 39.9 Å². The van der Waals surface area contributed by atoms with Crippen LogP contribution in [-0.4, -0.2) is 11.0 Å². The topological polar surface area (TPSA) is 24.9 Å². The maximum atomic E-state index is 12.7. The second kappa shape index (κ2) is 4.01. The molecule has 0 saturated heterocycles. The average Bonchev–Trinajstić information content (AvgIpc) is 2.59. The number of anilines is 1. The van der Waals surface area contributed by atoms with Gasteiger partial charge < -0.3 is 5.32 Å². The molecule has 2 nitrogen and oxygen atoms in total. The summed E-state index contributed by atoms with van der Waals surface area (Å²) in [6.45, 7) is 8.28. The second-order valence-corrected chi connectivity index (χ2v) is 6.47. The van der Waals surface area contributed by atoms with Crippen LogP contribution in [0.5, 0.6) is 0 Å². The predicted octanol–water partition coefficient (Wildman–Crippen LogP) is 4.60. The zero-order valence-electron chi connectivity index (χ0n) is 11.2. The van der Waals surface area contributed by atoms with Crippen LogP contribution in [0.2, 0.25) is 5.15 Å². The van der Waals surface area contributed by atoms with E-state index >= 15 is 0 Å². The number of hydrogen-bond donors (Lipinski definition) is 1. The van der Waals surface area contributed by atoms with E-state index in [1.165, 1.54) is 0 Å². The van der Waals surface area contributed by atoms with Crippen molar-refractivity contribution < 1.29 is 13.2 Å². The van der Waals surface area contributed by atoms with Crippen LogP contribution in [0.25, 0.3) is 0 Å². The van der Waals surface area contributed by atoms with Crippen LogP contribution in [-0.2, 0) is 6.18 Å². The molecule has 1 aliphatic rings. The molecule has 1 N–H and O–H groups in total. The summed E-state index contributed by atoms with van der Waals surface area (Å²) < 4.78 is 38.1. The molecule has 6 heteroatoms. The number of nitrogens with one attached hydrogen (secondary N) is 1. The van der Waals surface area contributed by atoms with Crippen LogP contribution in [0.15, 0.2) is 12.1 Å². The Bertz CT molecular complexity index is 495. The van der Waals surface area contributed by atoms with Gasteiger partial charge in [-0.15, -0.1) is 0 Å². The first-order chi connectivity index (χ1) is 8.46. The van der Waals surface area contributed by atoms with Crippen molar-refractivity contribution in [1.29, 1.82) is 0 Å². The molecule has 19 heavy (non-hydrogen) atoms. The number of pyridine rings is 1. The Labute approximate surface area is 115 Å². The Morgan fingerprint density at radius 3 is 2.11 bits per heavy atom. The van der Waals surface area contributed by atoms with Gasteiger partial charge in [0.25, 0.3) is 0 Å². The van der Waals surface area contributed by atoms with Crippen molar-refractivity contribution in [3.63, 3.8) is 0 Å². The van der Waals surface area contributed by atoms with Gasteiger partial charge in [0.2, 0.25) is 0 Å². The summed E-state index contributed by atoms with van der Waals surface area (Å²) in [5, 5.41) is 2.90. The van der Waals surface area contributed by atoms with Gasteiger partial charge in [-0.1, -0.05) is 39.3 Å². The summed E-state index contributed by atoms with van der Waals surface area (Å²) in [6, 6.07) is 1.90. The zero-order chi connectivity index (χ0) is 14.6. The van der Waals surface area contributed by atoms with Crippen molar-refractivity contribution in [1.82, 2.24) is 4.98 Å². The van der Waals surface area contributed by atoms with Gasteiger partial charge in [-0.2, -0.15) is 13.2 Å². The molecular formula is C13H16ClF3N2. The highest BCUT2D eigenvalue weighted by Crippen LogP contribution is 2.63. The minimum atomic E-state index is -4.42. The van der Waals surface area contributed by atoms with E-state index in [4.69, 9.17) is 11.6 Å². The summed E-state index contributed by atoms with van der Waals surface area (Å²) in [5.41, 5.74) is -0.767. The summed E-state index contributed by atoms with van der Waals surface area (Å²) in [6.07, 6.45) is -4.42. The normalized spacial score (nSPS) is 21.3. The number of alkyl halides is 3. The fraction of sp³-hybridized carbons (Fsp3) is 0.615. The molecule has 1 fully saturated rings. The lowest BCUT2D eigenvalue weighted by atomic mass is 10.0. The lowest BCUT2D eigenvalue weighted by Crippen LogP contribution is -2.13. The molecule has 0 unspecified atom stereocenters. The van der Waals surface area contributed by atoms with Crippen molar-refractivity contribution in [3.05, 3.63) is 22.8 Å². The van der Waals surface area contributed by atoms with Gasteiger partial charge in [0, 0.05) is 6.04 Å². The Kier molecular flexibility index (Phi) is 3.05. The molecule has 0 atom stereocenters. The van der Waals surface area contributed by atoms with E-state index in [9.17, 15) is 13.2 Å². The highest BCUT2D eigenvalue weighted by atomic mass is 35.5. The number of nitrogens with zero attached hydrogens (tertiary/aromatic N) is 1. The van der Waals surface area contributed by atoms with E-state index in [0.29, 0.717) is 0 Å². The van der Waals surface area contributed by atoms with E-state index in [-0.39, 0.29) is 27.8 Å². The molecule has 1 aliphatic carbocycles. The first kappa shape index (κ1) is 14.4. The second-order valence-electron chi connectivity index (χ2n) is 6.08. The molecule has 1 saturated carbocycles. The third-order valence-electron chi connectivity index (χ3n) is 4.43. The molecule has 0 spiro atoms.